The van der Waals surface area contributed by atoms with Gasteiger partial charge in [0.05, 0.1) is 12.2 Å². The van der Waals surface area contributed by atoms with Gasteiger partial charge in [-0.25, -0.2) is 4.99 Å². The van der Waals surface area contributed by atoms with Gasteiger partial charge in [0.15, 0.2) is 5.96 Å². The second-order valence-corrected chi connectivity index (χ2v) is 7.55. The molecule has 0 unspecified atom stereocenters. The molecule has 1 aromatic heterocycles. The minimum absolute atomic E-state index is 0.481. The lowest BCUT2D eigenvalue weighted by atomic mass is 10.0. The Labute approximate surface area is 165 Å². The number of aryl methyl sites for hydroxylation is 2. The third-order valence-electron chi connectivity index (χ3n) is 5.19. The second-order valence-electron chi connectivity index (χ2n) is 7.55. The Morgan fingerprint density at radius 2 is 1.93 bits per heavy atom. The van der Waals surface area contributed by atoms with Crippen molar-refractivity contribution in [3.05, 3.63) is 29.1 Å². The second kappa shape index (κ2) is 10.5. The summed E-state index contributed by atoms with van der Waals surface area (Å²) >= 11 is 0. The smallest absolute Gasteiger partial charge is 0.191 e. The first kappa shape index (κ1) is 21.5. The van der Waals surface area contributed by atoms with E-state index in [1.54, 1.807) is 0 Å². The number of rotatable bonds is 8. The molecule has 0 aromatic carbocycles. The minimum Gasteiger partial charge on any atom is -0.357 e. The van der Waals surface area contributed by atoms with Crippen LogP contribution in [0.15, 0.2) is 17.1 Å². The average Bonchev–Trinajstić information content (AvgIpc) is 2.95. The summed E-state index contributed by atoms with van der Waals surface area (Å²) in [4.78, 5) is 7.38. The van der Waals surface area contributed by atoms with Gasteiger partial charge in [0.1, 0.15) is 0 Å². The molecular weight excluding hydrogens is 336 g/mol. The van der Waals surface area contributed by atoms with Crippen molar-refractivity contribution in [1.82, 2.24) is 25.3 Å². The molecule has 1 aromatic rings. The highest BCUT2D eigenvalue weighted by Crippen LogP contribution is 2.17. The molecule has 0 atom stereocenters. The molecule has 0 radical (unpaired) electrons. The Morgan fingerprint density at radius 1 is 1.22 bits per heavy atom. The first-order chi connectivity index (χ1) is 13.0. The fourth-order valence-electron chi connectivity index (χ4n) is 3.86. The fraction of sp³-hybridized carbons (Fsp3) is 0.714. The van der Waals surface area contributed by atoms with Crippen molar-refractivity contribution in [2.75, 3.05) is 26.2 Å². The zero-order chi connectivity index (χ0) is 19.8. The third-order valence-corrected chi connectivity index (χ3v) is 5.19. The van der Waals surface area contributed by atoms with Crippen LogP contribution in [-0.4, -0.2) is 52.9 Å². The molecule has 0 amide bonds. The standard InChI is InChI=1S/C21H38N6/c1-7-19-18(20(8-2)26(6)25-19)14-23-21(22-9-3)24-17-10-12-27(13-11-17)15-16(4)5/h17H,4,7-15H2,1-3,5-6H3,(H2,22,23,24). The van der Waals surface area contributed by atoms with Gasteiger partial charge in [-0.15, -0.1) is 0 Å². The number of nitrogens with one attached hydrogen (secondary N) is 2. The van der Waals surface area contributed by atoms with Crippen molar-refractivity contribution in [2.24, 2.45) is 12.0 Å². The number of aromatic nitrogens is 2. The van der Waals surface area contributed by atoms with Gasteiger partial charge in [-0.2, -0.15) is 5.10 Å². The molecule has 0 aliphatic carbocycles. The van der Waals surface area contributed by atoms with Crippen LogP contribution in [0.4, 0.5) is 0 Å². The lowest BCUT2D eigenvalue weighted by Gasteiger charge is -2.33. The van der Waals surface area contributed by atoms with Gasteiger partial charge >= 0.3 is 0 Å². The largest absolute Gasteiger partial charge is 0.357 e. The predicted octanol–water partition coefficient (Wildman–Crippen LogP) is 2.64. The minimum atomic E-state index is 0.481. The van der Waals surface area contributed by atoms with E-state index in [2.05, 4.69) is 54.9 Å². The van der Waals surface area contributed by atoms with Crippen molar-refractivity contribution in [3.8, 4) is 0 Å². The Hall–Kier alpha value is -1.82. The Morgan fingerprint density at radius 3 is 2.48 bits per heavy atom. The zero-order valence-electron chi connectivity index (χ0n) is 17.9. The van der Waals surface area contributed by atoms with Crippen LogP contribution < -0.4 is 10.6 Å². The van der Waals surface area contributed by atoms with E-state index in [1.807, 2.05) is 11.7 Å². The lowest BCUT2D eigenvalue weighted by Crippen LogP contribution is -2.48. The first-order valence-corrected chi connectivity index (χ1v) is 10.4. The maximum absolute atomic E-state index is 4.89. The zero-order valence-corrected chi connectivity index (χ0v) is 17.9. The number of guanidine groups is 1. The Bertz CT molecular complexity index is 637. The van der Waals surface area contributed by atoms with E-state index in [4.69, 9.17) is 4.99 Å². The molecule has 1 aliphatic heterocycles. The summed E-state index contributed by atoms with van der Waals surface area (Å²) in [5.41, 5.74) is 4.99. The number of piperidine rings is 1. The van der Waals surface area contributed by atoms with Crippen molar-refractivity contribution in [1.29, 1.82) is 0 Å². The maximum Gasteiger partial charge on any atom is 0.191 e. The molecule has 1 fully saturated rings. The van der Waals surface area contributed by atoms with E-state index in [9.17, 15) is 0 Å². The third kappa shape index (κ3) is 6.09. The number of hydrogen-bond donors (Lipinski definition) is 2. The number of aliphatic imine (C=N–C) groups is 1. The summed E-state index contributed by atoms with van der Waals surface area (Å²) in [7, 11) is 2.04. The van der Waals surface area contributed by atoms with Crippen LogP contribution in [-0.2, 0) is 26.4 Å². The summed E-state index contributed by atoms with van der Waals surface area (Å²) in [6.45, 7) is 17.4. The van der Waals surface area contributed by atoms with Crippen LogP contribution in [0.1, 0.15) is 57.5 Å². The number of nitrogens with zero attached hydrogens (tertiary/aromatic N) is 4. The molecule has 1 aliphatic rings. The van der Waals surface area contributed by atoms with Crippen LogP contribution >= 0.6 is 0 Å². The van der Waals surface area contributed by atoms with Crippen LogP contribution in [0.3, 0.4) is 0 Å². The van der Waals surface area contributed by atoms with Gasteiger partial charge in [0.25, 0.3) is 0 Å². The normalized spacial score (nSPS) is 16.6. The summed E-state index contributed by atoms with van der Waals surface area (Å²) in [5, 5.41) is 11.7. The van der Waals surface area contributed by atoms with Gasteiger partial charge in [-0.05, 0) is 39.5 Å². The van der Waals surface area contributed by atoms with Gasteiger partial charge in [-0.3, -0.25) is 9.58 Å². The molecule has 27 heavy (non-hydrogen) atoms. The van der Waals surface area contributed by atoms with E-state index >= 15 is 0 Å². The SMILES string of the molecule is C=C(C)CN1CCC(NC(=NCc2c(CC)nn(C)c2CC)NCC)CC1. The lowest BCUT2D eigenvalue weighted by molar-refractivity contribution is 0.221. The average molecular weight is 375 g/mol. The molecule has 0 spiro atoms. The van der Waals surface area contributed by atoms with Crippen molar-refractivity contribution >= 4 is 5.96 Å². The summed E-state index contributed by atoms with van der Waals surface area (Å²) in [6, 6.07) is 0.481. The Kier molecular flexibility index (Phi) is 8.35. The highest BCUT2D eigenvalue weighted by atomic mass is 15.3. The topological polar surface area (TPSA) is 57.5 Å². The quantitative estimate of drug-likeness (QED) is 0.417. The molecule has 6 heteroatoms. The van der Waals surface area contributed by atoms with Crippen molar-refractivity contribution in [3.63, 3.8) is 0 Å². The molecule has 1 saturated heterocycles. The van der Waals surface area contributed by atoms with E-state index < -0.39 is 0 Å². The molecule has 2 N–H and O–H groups in total. The maximum atomic E-state index is 4.89. The van der Waals surface area contributed by atoms with Crippen molar-refractivity contribution in [2.45, 2.75) is 66.0 Å². The molecule has 2 rings (SSSR count). The van der Waals surface area contributed by atoms with Crippen LogP contribution in [0.5, 0.6) is 0 Å². The molecule has 0 bridgehead atoms. The monoisotopic (exact) mass is 374 g/mol. The van der Waals surface area contributed by atoms with E-state index in [1.165, 1.54) is 22.5 Å². The summed E-state index contributed by atoms with van der Waals surface area (Å²) < 4.78 is 2.02. The highest BCUT2D eigenvalue weighted by molar-refractivity contribution is 5.80. The van der Waals surface area contributed by atoms with Gasteiger partial charge < -0.3 is 10.6 Å². The van der Waals surface area contributed by atoms with Crippen LogP contribution in [0.2, 0.25) is 0 Å². The van der Waals surface area contributed by atoms with E-state index in [-0.39, 0.29) is 0 Å². The highest BCUT2D eigenvalue weighted by Gasteiger charge is 2.20. The molecular formula is C21H38N6. The van der Waals surface area contributed by atoms with Crippen molar-refractivity contribution < 1.29 is 0 Å². The fourth-order valence-corrected chi connectivity index (χ4v) is 3.86. The summed E-state index contributed by atoms with van der Waals surface area (Å²) in [5.74, 6) is 0.920. The molecule has 2 heterocycles. The first-order valence-electron chi connectivity index (χ1n) is 10.4. The van der Waals surface area contributed by atoms with Gasteiger partial charge in [0.2, 0.25) is 0 Å². The molecule has 152 valence electrons. The van der Waals surface area contributed by atoms with Gasteiger partial charge in [-0.1, -0.05) is 26.0 Å². The van der Waals surface area contributed by atoms with Crippen LogP contribution in [0, 0.1) is 0 Å². The number of hydrogen-bond acceptors (Lipinski definition) is 3. The van der Waals surface area contributed by atoms with E-state index in [0.717, 1.165) is 57.8 Å². The van der Waals surface area contributed by atoms with E-state index in [0.29, 0.717) is 12.6 Å². The Balaban J connectivity index is 2.00. The molecule has 0 saturated carbocycles. The molecule has 6 nitrogen and oxygen atoms in total. The van der Waals surface area contributed by atoms with Gasteiger partial charge in [0, 0.05) is 50.5 Å². The number of likely N-dealkylation sites (tertiary alicyclic amines) is 1. The summed E-state index contributed by atoms with van der Waals surface area (Å²) in [6.07, 6.45) is 4.22. The predicted molar refractivity (Wildman–Crippen MR) is 114 cm³/mol. The van der Waals surface area contributed by atoms with Crippen LogP contribution in [0.25, 0.3) is 0 Å².